The molecule has 0 aliphatic carbocycles. The Morgan fingerprint density at radius 1 is 1.53 bits per heavy atom. The summed E-state index contributed by atoms with van der Waals surface area (Å²) in [6.45, 7) is 4.34. The van der Waals surface area contributed by atoms with Gasteiger partial charge in [-0.15, -0.1) is 0 Å². The minimum Gasteiger partial charge on any atom is -0.382 e. The first-order chi connectivity index (χ1) is 9.09. The molecule has 0 amide bonds. The molecule has 0 saturated carbocycles. The number of hydrogen-bond acceptors (Lipinski definition) is 5. The monoisotopic (exact) mass is 282 g/mol. The Bertz CT molecular complexity index is 592. The third-order valence-corrected chi connectivity index (χ3v) is 2.94. The highest BCUT2D eigenvalue weighted by Crippen LogP contribution is 2.16. The molecule has 8 heteroatoms. The molecule has 0 aliphatic rings. The molecular weight excluding hydrogens is 268 g/mol. The van der Waals surface area contributed by atoms with Crippen molar-refractivity contribution in [2.45, 2.75) is 26.3 Å². The number of hydrogen-bond donors (Lipinski definition) is 2. The topological polar surface area (TPSA) is 88.5 Å². The van der Waals surface area contributed by atoms with Crippen LogP contribution in [0.2, 0.25) is 5.02 Å². The fourth-order valence-electron chi connectivity index (χ4n) is 1.60. The highest BCUT2D eigenvalue weighted by Gasteiger charge is 2.10. The minimum absolute atomic E-state index is 0.0201. The lowest BCUT2D eigenvalue weighted by atomic mass is 10.3. The second-order valence-corrected chi connectivity index (χ2v) is 4.70. The van der Waals surface area contributed by atoms with Crippen LogP contribution in [0.1, 0.15) is 25.7 Å². The lowest BCUT2D eigenvalue weighted by molar-refractivity contribution is 0.503. The number of aromatic amines is 1. The number of rotatable bonds is 5. The van der Waals surface area contributed by atoms with Crippen LogP contribution < -0.4 is 10.9 Å². The van der Waals surface area contributed by atoms with Crippen molar-refractivity contribution in [3.63, 3.8) is 0 Å². The Balaban J connectivity index is 2.05. The molecule has 0 atom stereocenters. The van der Waals surface area contributed by atoms with Gasteiger partial charge in [0, 0.05) is 13.0 Å². The number of nitrogens with zero attached hydrogens (tertiary/aromatic N) is 4. The maximum atomic E-state index is 11.9. The summed E-state index contributed by atoms with van der Waals surface area (Å²) in [5.41, 5.74) is 0.240. The van der Waals surface area contributed by atoms with Crippen LogP contribution in [0.3, 0.4) is 0 Å². The van der Waals surface area contributed by atoms with Crippen molar-refractivity contribution in [3.05, 3.63) is 33.7 Å². The lowest BCUT2D eigenvalue weighted by Crippen LogP contribution is -2.26. The first-order valence-corrected chi connectivity index (χ1v) is 6.33. The molecular formula is C11H15ClN6O. The molecule has 2 aromatic rings. The molecule has 2 rings (SSSR count). The van der Waals surface area contributed by atoms with Gasteiger partial charge in [-0.05, 0) is 13.8 Å². The van der Waals surface area contributed by atoms with E-state index in [1.807, 2.05) is 13.8 Å². The molecule has 19 heavy (non-hydrogen) atoms. The molecule has 0 spiro atoms. The smallest absolute Gasteiger partial charge is 0.287 e. The van der Waals surface area contributed by atoms with Gasteiger partial charge in [0.05, 0.1) is 17.9 Å². The normalized spacial score (nSPS) is 10.9. The summed E-state index contributed by atoms with van der Waals surface area (Å²) in [5.74, 6) is 0.770. The molecule has 2 N–H and O–H groups in total. The van der Waals surface area contributed by atoms with E-state index in [2.05, 4.69) is 25.6 Å². The van der Waals surface area contributed by atoms with E-state index in [4.69, 9.17) is 11.6 Å². The number of H-pyrrole nitrogens is 1. The third kappa shape index (κ3) is 3.11. The van der Waals surface area contributed by atoms with Crippen molar-refractivity contribution in [1.82, 2.24) is 25.0 Å². The Morgan fingerprint density at radius 3 is 2.95 bits per heavy atom. The van der Waals surface area contributed by atoms with Gasteiger partial charge in [0.2, 0.25) is 0 Å². The summed E-state index contributed by atoms with van der Waals surface area (Å²) in [5, 5.41) is 13.8. The van der Waals surface area contributed by atoms with Gasteiger partial charge in [0.25, 0.3) is 5.56 Å². The second kappa shape index (κ2) is 5.83. The fourth-order valence-corrected chi connectivity index (χ4v) is 1.80. The molecule has 0 aliphatic heterocycles. The van der Waals surface area contributed by atoms with Gasteiger partial charge in [-0.2, -0.15) is 10.2 Å². The Hall–Kier alpha value is -1.89. The Morgan fingerprint density at radius 2 is 2.32 bits per heavy atom. The standard InChI is InChI=1S/C11H15ClN6O/c1-7(2)18-11(19)10(12)8(5-16-18)13-4-3-9-14-6-15-17-9/h5-7,13H,3-4H2,1-2H3,(H,14,15,17). The van der Waals surface area contributed by atoms with Gasteiger partial charge in [0.1, 0.15) is 17.2 Å². The molecule has 7 nitrogen and oxygen atoms in total. The minimum atomic E-state index is -0.290. The molecule has 102 valence electrons. The van der Waals surface area contributed by atoms with E-state index in [1.54, 1.807) is 6.20 Å². The number of anilines is 1. The average molecular weight is 283 g/mol. The lowest BCUT2D eigenvalue weighted by Gasteiger charge is -2.11. The molecule has 2 heterocycles. The van der Waals surface area contributed by atoms with E-state index in [0.29, 0.717) is 18.7 Å². The zero-order valence-corrected chi connectivity index (χ0v) is 11.5. The maximum absolute atomic E-state index is 11.9. The van der Waals surface area contributed by atoms with Crippen molar-refractivity contribution in [1.29, 1.82) is 0 Å². The molecule has 0 radical (unpaired) electrons. The molecule has 0 aromatic carbocycles. The molecule has 0 bridgehead atoms. The van der Waals surface area contributed by atoms with Crippen molar-refractivity contribution < 1.29 is 0 Å². The predicted octanol–water partition coefficient (Wildman–Crippen LogP) is 1.25. The van der Waals surface area contributed by atoms with Gasteiger partial charge < -0.3 is 5.32 Å². The summed E-state index contributed by atoms with van der Waals surface area (Å²) >= 11 is 6.03. The summed E-state index contributed by atoms with van der Waals surface area (Å²) in [6.07, 6.45) is 3.67. The maximum Gasteiger partial charge on any atom is 0.287 e. The third-order valence-electron chi connectivity index (χ3n) is 2.57. The first-order valence-electron chi connectivity index (χ1n) is 5.95. The Kier molecular flexibility index (Phi) is 4.16. The van der Waals surface area contributed by atoms with Crippen LogP contribution in [0, 0.1) is 0 Å². The van der Waals surface area contributed by atoms with E-state index >= 15 is 0 Å². The van der Waals surface area contributed by atoms with Crippen LogP contribution in [-0.2, 0) is 6.42 Å². The van der Waals surface area contributed by atoms with Gasteiger partial charge in [-0.3, -0.25) is 9.89 Å². The molecule has 0 unspecified atom stereocenters. The summed E-state index contributed by atoms with van der Waals surface area (Å²) in [4.78, 5) is 15.9. The van der Waals surface area contributed by atoms with Crippen molar-refractivity contribution >= 4 is 17.3 Å². The Labute approximate surface area is 115 Å². The average Bonchev–Trinajstić information content (AvgIpc) is 2.87. The van der Waals surface area contributed by atoms with Crippen molar-refractivity contribution in [2.75, 3.05) is 11.9 Å². The van der Waals surface area contributed by atoms with Crippen molar-refractivity contribution in [2.24, 2.45) is 0 Å². The van der Waals surface area contributed by atoms with E-state index in [9.17, 15) is 4.79 Å². The van der Waals surface area contributed by atoms with Gasteiger partial charge in [-0.25, -0.2) is 9.67 Å². The zero-order valence-electron chi connectivity index (χ0n) is 10.7. The summed E-state index contributed by atoms with van der Waals surface area (Å²) in [6, 6.07) is -0.0201. The summed E-state index contributed by atoms with van der Waals surface area (Å²) in [7, 11) is 0. The second-order valence-electron chi connectivity index (χ2n) is 4.32. The van der Waals surface area contributed by atoms with Crippen LogP contribution in [0.25, 0.3) is 0 Å². The highest BCUT2D eigenvalue weighted by atomic mass is 35.5. The predicted molar refractivity (Wildman–Crippen MR) is 72.5 cm³/mol. The van der Waals surface area contributed by atoms with E-state index in [-0.39, 0.29) is 16.6 Å². The molecule has 2 aromatic heterocycles. The highest BCUT2D eigenvalue weighted by molar-refractivity contribution is 6.32. The van der Waals surface area contributed by atoms with Crippen LogP contribution >= 0.6 is 11.6 Å². The van der Waals surface area contributed by atoms with Gasteiger partial charge in [0.15, 0.2) is 0 Å². The van der Waals surface area contributed by atoms with Gasteiger partial charge in [-0.1, -0.05) is 11.6 Å². The van der Waals surface area contributed by atoms with Crippen LogP contribution in [0.15, 0.2) is 17.3 Å². The zero-order chi connectivity index (χ0) is 13.8. The van der Waals surface area contributed by atoms with Crippen LogP contribution in [0.4, 0.5) is 5.69 Å². The van der Waals surface area contributed by atoms with Crippen LogP contribution in [-0.4, -0.2) is 31.5 Å². The number of halogens is 1. The molecule has 0 fully saturated rings. The first kappa shape index (κ1) is 13.5. The van der Waals surface area contributed by atoms with Gasteiger partial charge >= 0.3 is 0 Å². The molecule has 0 saturated heterocycles. The van der Waals surface area contributed by atoms with Crippen LogP contribution in [0.5, 0.6) is 0 Å². The number of nitrogens with one attached hydrogen (secondary N) is 2. The largest absolute Gasteiger partial charge is 0.382 e. The summed E-state index contributed by atoms with van der Waals surface area (Å²) < 4.78 is 1.35. The SMILES string of the molecule is CC(C)n1ncc(NCCc2ncn[nH]2)c(Cl)c1=O. The quantitative estimate of drug-likeness (QED) is 0.862. The van der Waals surface area contributed by atoms with E-state index in [0.717, 1.165) is 5.82 Å². The van der Waals surface area contributed by atoms with E-state index in [1.165, 1.54) is 11.0 Å². The van der Waals surface area contributed by atoms with E-state index < -0.39 is 0 Å². The fraction of sp³-hybridized carbons (Fsp3) is 0.455. The number of aromatic nitrogens is 5. The van der Waals surface area contributed by atoms with Crippen molar-refractivity contribution in [3.8, 4) is 0 Å².